The van der Waals surface area contributed by atoms with Crippen LogP contribution >= 0.6 is 0 Å². The molecule has 18 heavy (non-hydrogen) atoms. The number of aliphatic hydroxyl groups excluding tert-OH is 1. The summed E-state index contributed by atoms with van der Waals surface area (Å²) in [6.07, 6.45) is 2.04. The number of fused-ring (bicyclic) bond motifs is 1. The molecule has 0 atom stereocenters. The molecule has 0 saturated carbocycles. The largest absolute Gasteiger partial charge is 0.443 e. The number of aliphatic hydroxyl groups is 1. The molecule has 100 valence electrons. The second-order valence-electron chi connectivity index (χ2n) is 5.36. The molecule has 6 nitrogen and oxygen atoms in total. The molecule has 1 amide bonds. The Morgan fingerprint density at radius 3 is 2.83 bits per heavy atom. The van der Waals surface area contributed by atoms with Crippen LogP contribution < -0.4 is 4.90 Å². The Bertz CT molecular complexity index is 434. The van der Waals surface area contributed by atoms with Crippen LogP contribution in [-0.4, -0.2) is 33.1 Å². The summed E-state index contributed by atoms with van der Waals surface area (Å²) in [5.41, 5.74) is 0.124. The third-order valence-corrected chi connectivity index (χ3v) is 2.68. The topological polar surface area (TPSA) is 67.6 Å². The third kappa shape index (κ3) is 2.48. The van der Waals surface area contributed by atoms with Gasteiger partial charge < -0.3 is 9.84 Å². The van der Waals surface area contributed by atoms with Crippen molar-refractivity contribution >= 4 is 11.9 Å². The average Bonchev–Trinajstić information content (AvgIpc) is 2.69. The highest BCUT2D eigenvalue weighted by Crippen LogP contribution is 2.26. The summed E-state index contributed by atoms with van der Waals surface area (Å²) < 4.78 is 7.10. The van der Waals surface area contributed by atoms with Gasteiger partial charge >= 0.3 is 6.09 Å². The van der Waals surface area contributed by atoms with Crippen molar-refractivity contribution in [2.24, 2.45) is 0 Å². The van der Waals surface area contributed by atoms with E-state index in [1.165, 1.54) is 0 Å². The van der Waals surface area contributed by atoms with Crippen molar-refractivity contribution in [1.82, 2.24) is 9.78 Å². The first-order valence-corrected chi connectivity index (χ1v) is 6.08. The minimum atomic E-state index is -0.529. The fraction of sp³-hybridized carbons (Fsp3) is 0.667. The standard InChI is InChI=1S/C12H19N3O3/c1-12(2,3)18-11(17)14-5-4-6-15-10(14)9(8-16)7-13-15/h7,16H,4-6,8H2,1-3H3. The lowest BCUT2D eigenvalue weighted by molar-refractivity contribution is 0.0572. The minimum Gasteiger partial charge on any atom is -0.443 e. The normalized spacial score (nSPS) is 15.4. The molecule has 0 bridgehead atoms. The van der Waals surface area contributed by atoms with E-state index < -0.39 is 11.7 Å². The number of amides is 1. The highest BCUT2D eigenvalue weighted by molar-refractivity contribution is 5.88. The Kier molecular flexibility index (Phi) is 3.30. The van der Waals surface area contributed by atoms with Crippen LogP contribution in [0.3, 0.4) is 0 Å². The average molecular weight is 253 g/mol. The number of carbonyl (C=O) groups is 1. The van der Waals surface area contributed by atoms with Crippen LogP contribution in [0.15, 0.2) is 6.20 Å². The minimum absolute atomic E-state index is 0.130. The predicted octanol–water partition coefficient (Wildman–Crippen LogP) is 1.52. The summed E-state index contributed by atoms with van der Waals surface area (Å²) in [4.78, 5) is 13.7. The number of rotatable bonds is 1. The smallest absolute Gasteiger partial charge is 0.416 e. The molecule has 2 heterocycles. The van der Waals surface area contributed by atoms with E-state index in [0.29, 0.717) is 17.9 Å². The number of hydrogen-bond donors (Lipinski definition) is 1. The van der Waals surface area contributed by atoms with Crippen LogP contribution in [0.25, 0.3) is 0 Å². The summed E-state index contributed by atoms with van der Waals surface area (Å²) in [5.74, 6) is 0.651. The molecule has 0 aliphatic carbocycles. The van der Waals surface area contributed by atoms with E-state index in [-0.39, 0.29) is 6.61 Å². The second-order valence-corrected chi connectivity index (χ2v) is 5.36. The van der Waals surface area contributed by atoms with E-state index >= 15 is 0 Å². The Morgan fingerprint density at radius 1 is 1.50 bits per heavy atom. The summed E-state index contributed by atoms with van der Waals surface area (Å²) in [6.45, 7) is 6.72. The second kappa shape index (κ2) is 4.61. The summed E-state index contributed by atoms with van der Waals surface area (Å²) in [5, 5.41) is 13.4. The van der Waals surface area contributed by atoms with Crippen LogP contribution in [0, 0.1) is 0 Å². The quantitative estimate of drug-likeness (QED) is 0.824. The highest BCUT2D eigenvalue weighted by atomic mass is 16.6. The first-order chi connectivity index (χ1) is 8.42. The molecule has 0 unspecified atom stereocenters. The molecule has 1 aliphatic heterocycles. The molecule has 1 aromatic heterocycles. The number of ether oxygens (including phenoxy) is 1. The number of hydrogen-bond acceptors (Lipinski definition) is 4. The van der Waals surface area contributed by atoms with Gasteiger partial charge in [0.15, 0.2) is 0 Å². The van der Waals surface area contributed by atoms with Crippen molar-refractivity contribution in [2.75, 3.05) is 11.4 Å². The van der Waals surface area contributed by atoms with E-state index in [4.69, 9.17) is 4.74 Å². The molecule has 2 rings (SSSR count). The molecule has 0 saturated heterocycles. The van der Waals surface area contributed by atoms with E-state index in [2.05, 4.69) is 5.10 Å². The number of nitrogens with zero attached hydrogens (tertiary/aromatic N) is 3. The van der Waals surface area contributed by atoms with Crippen LogP contribution in [0.1, 0.15) is 32.8 Å². The van der Waals surface area contributed by atoms with E-state index in [1.807, 2.05) is 20.8 Å². The third-order valence-electron chi connectivity index (χ3n) is 2.68. The maximum atomic E-state index is 12.1. The lowest BCUT2D eigenvalue weighted by Crippen LogP contribution is -2.41. The van der Waals surface area contributed by atoms with Gasteiger partial charge in [0.05, 0.1) is 12.8 Å². The van der Waals surface area contributed by atoms with Gasteiger partial charge in [0.1, 0.15) is 11.4 Å². The Morgan fingerprint density at radius 2 is 2.22 bits per heavy atom. The monoisotopic (exact) mass is 253 g/mol. The van der Waals surface area contributed by atoms with Gasteiger partial charge in [-0.25, -0.2) is 9.48 Å². The van der Waals surface area contributed by atoms with Gasteiger partial charge in [0.25, 0.3) is 0 Å². The van der Waals surface area contributed by atoms with Crippen LogP contribution in [0.2, 0.25) is 0 Å². The van der Waals surface area contributed by atoms with Crippen LogP contribution in [0.4, 0.5) is 10.6 Å². The van der Waals surface area contributed by atoms with Gasteiger partial charge in [0, 0.05) is 18.7 Å². The van der Waals surface area contributed by atoms with Crippen molar-refractivity contribution < 1.29 is 14.6 Å². The number of anilines is 1. The first-order valence-electron chi connectivity index (χ1n) is 6.08. The zero-order valence-corrected chi connectivity index (χ0v) is 11.0. The SMILES string of the molecule is CC(C)(C)OC(=O)N1CCCn2ncc(CO)c21. The summed E-state index contributed by atoms with van der Waals surface area (Å²) in [6, 6.07) is 0. The molecule has 0 aromatic carbocycles. The Labute approximate surface area is 106 Å². The predicted molar refractivity (Wildman–Crippen MR) is 66.3 cm³/mol. The maximum Gasteiger partial charge on any atom is 0.416 e. The van der Waals surface area contributed by atoms with Gasteiger partial charge in [-0.05, 0) is 27.2 Å². The fourth-order valence-corrected chi connectivity index (χ4v) is 1.98. The number of aryl methyl sites for hydroxylation is 1. The number of aromatic nitrogens is 2. The Hall–Kier alpha value is -1.56. The van der Waals surface area contributed by atoms with Gasteiger partial charge in [-0.1, -0.05) is 0 Å². The molecule has 1 N–H and O–H groups in total. The molecule has 0 radical (unpaired) electrons. The lowest BCUT2D eigenvalue weighted by Gasteiger charge is -2.31. The van der Waals surface area contributed by atoms with E-state index in [1.54, 1.807) is 15.8 Å². The maximum absolute atomic E-state index is 12.1. The van der Waals surface area contributed by atoms with Crippen molar-refractivity contribution in [1.29, 1.82) is 0 Å². The van der Waals surface area contributed by atoms with Gasteiger partial charge in [0.2, 0.25) is 0 Å². The fourth-order valence-electron chi connectivity index (χ4n) is 1.98. The lowest BCUT2D eigenvalue weighted by atomic mass is 10.2. The van der Waals surface area contributed by atoms with Crippen molar-refractivity contribution in [3.63, 3.8) is 0 Å². The van der Waals surface area contributed by atoms with E-state index in [9.17, 15) is 9.90 Å². The molecular formula is C12H19N3O3. The Balaban J connectivity index is 2.26. The summed E-state index contributed by atoms with van der Waals surface area (Å²) >= 11 is 0. The van der Waals surface area contributed by atoms with Crippen molar-refractivity contribution in [3.05, 3.63) is 11.8 Å². The molecule has 0 fully saturated rings. The molecule has 1 aromatic rings. The molecule has 1 aliphatic rings. The highest BCUT2D eigenvalue weighted by Gasteiger charge is 2.30. The van der Waals surface area contributed by atoms with Crippen molar-refractivity contribution in [2.45, 2.75) is 45.9 Å². The van der Waals surface area contributed by atoms with Crippen LogP contribution in [-0.2, 0) is 17.9 Å². The number of carbonyl (C=O) groups excluding carboxylic acids is 1. The van der Waals surface area contributed by atoms with Crippen molar-refractivity contribution in [3.8, 4) is 0 Å². The van der Waals surface area contributed by atoms with Gasteiger partial charge in [-0.15, -0.1) is 0 Å². The molecule has 6 heteroatoms. The van der Waals surface area contributed by atoms with Gasteiger partial charge in [-0.2, -0.15) is 5.10 Å². The van der Waals surface area contributed by atoms with E-state index in [0.717, 1.165) is 13.0 Å². The van der Waals surface area contributed by atoms with Crippen LogP contribution in [0.5, 0.6) is 0 Å². The zero-order valence-electron chi connectivity index (χ0n) is 11.0. The molecule has 0 spiro atoms. The zero-order chi connectivity index (χ0) is 13.3. The van der Waals surface area contributed by atoms with Gasteiger partial charge in [-0.3, -0.25) is 4.90 Å². The molecular weight excluding hydrogens is 234 g/mol. The first kappa shape index (κ1) is 12.9. The summed E-state index contributed by atoms with van der Waals surface area (Å²) in [7, 11) is 0.